The zero-order valence-electron chi connectivity index (χ0n) is 19.7. The van der Waals surface area contributed by atoms with Crippen molar-refractivity contribution in [3.63, 3.8) is 0 Å². The maximum atomic E-state index is 13.8. The van der Waals surface area contributed by atoms with Gasteiger partial charge in [-0.05, 0) is 49.1 Å². The molecule has 176 valence electrons. The molecule has 1 unspecified atom stereocenters. The van der Waals surface area contributed by atoms with Gasteiger partial charge in [0.05, 0.1) is 30.5 Å². The van der Waals surface area contributed by atoms with Crippen LogP contribution in [0.15, 0.2) is 74.4 Å². The van der Waals surface area contributed by atoms with Gasteiger partial charge in [-0.2, -0.15) is 0 Å². The number of fused-ring (bicyclic) bond motifs is 3. The maximum absolute atomic E-state index is 13.8. The third kappa shape index (κ3) is 3.46. The standard InChI is InChI=1S/C28H24N2O4S/c1-16-11-13-18(34-16)15-23-27(31)30-25(21-9-6-10-22(32-2)26(21)33-3)20-14-12-17-7-4-5-8-19(17)24(20)29-28(30)35-23/h4-11,13,15,25H,12,14H2,1-3H3/b23-15-. The number of furan rings is 1. The summed E-state index contributed by atoms with van der Waals surface area (Å²) in [6.07, 6.45) is 3.50. The number of aryl methyl sites for hydroxylation is 2. The minimum Gasteiger partial charge on any atom is -0.493 e. The highest BCUT2D eigenvalue weighted by Crippen LogP contribution is 2.45. The Morgan fingerprint density at radius 2 is 1.91 bits per heavy atom. The summed E-state index contributed by atoms with van der Waals surface area (Å²) < 4.78 is 19.5. The molecule has 0 spiro atoms. The van der Waals surface area contributed by atoms with E-state index in [-0.39, 0.29) is 11.6 Å². The van der Waals surface area contributed by atoms with Crippen LogP contribution in [-0.4, -0.2) is 18.8 Å². The van der Waals surface area contributed by atoms with Gasteiger partial charge >= 0.3 is 0 Å². The molecule has 0 saturated carbocycles. The van der Waals surface area contributed by atoms with Gasteiger partial charge in [0.15, 0.2) is 16.3 Å². The molecule has 4 aromatic rings. The van der Waals surface area contributed by atoms with Gasteiger partial charge in [-0.25, -0.2) is 4.99 Å². The van der Waals surface area contributed by atoms with Crippen LogP contribution in [0, 0.1) is 6.92 Å². The minimum absolute atomic E-state index is 0.0944. The molecular formula is C28H24N2O4S. The molecule has 6 nitrogen and oxygen atoms in total. The van der Waals surface area contributed by atoms with Gasteiger partial charge in [0, 0.05) is 17.2 Å². The molecule has 6 rings (SSSR count). The number of nitrogens with zero attached hydrogens (tertiary/aromatic N) is 2. The van der Waals surface area contributed by atoms with E-state index in [1.165, 1.54) is 16.9 Å². The van der Waals surface area contributed by atoms with Gasteiger partial charge in [0.1, 0.15) is 11.5 Å². The highest BCUT2D eigenvalue weighted by atomic mass is 32.1. The molecule has 1 aliphatic heterocycles. The summed E-state index contributed by atoms with van der Waals surface area (Å²) in [4.78, 5) is 19.5. The van der Waals surface area contributed by atoms with Crippen molar-refractivity contribution in [3.05, 3.63) is 108 Å². The first kappa shape index (κ1) is 21.7. The molecule has 7 heteroatoms. The van der Waals surface area contributed by atoms with Crippen LogP contribution in [0.1, 0.15) is 40.7 Å². The van der Waals surface area contributed by atoms with Crippen LogP contribution in [0.3, 0.4) is 0 Å². The fourth-order valence-electron chi connectivity index (χ4n) is 5.09. The van der Waals surface area contributed by atoms with Crippen LogP contribution < -0.4 is 24.4 Å². The summed E-state index contributed by atoms with van der Waals surface area (Å²) in [5, 5.41) is 0. The second-order valence-corrected chi connectivity index (χ2v) is 9.65. The molecule has 2 aliphatic rings. The lowest BCUT2D eigenvalue weighted by Crippen LogP contribution is -2.39. The zero-order valence-corrected chi connectivity index (χ0v) is 20.5. The van der Waals surface area contributed by atoms with Crippen LogP contribution in [0.5, 0.6) is 11.5 Å². The van der Waals surface area contributed by atoms with Crippen LogP contribution in [-0.2, 0) is 6.42 Å². The molecule has 2 aromatic heterocycles. The van der Waals surface area contributed by atoms with Crippen molar-refractivity contribution in [3.8, 4) is 11.5 Å². The number of thiazole rings is 1. The zero-order chi connectivity index (χ0) is 24.1. The lowest BCUT2D eigenvalue weighted by molar-refractivity contribution is 0.348. The van der Waals surface area contributed by atoms with E-state index in [0.29, 0.717) is 26.6 Å². The third-order valence-corrected chi connectivity index (χ3v) is 7.62. The first-order valence-corrected chi connectivity index (χ1v) is 12.3. The number of ether oxygens (including phenoxy) is 2. The van der Waals surface area contributed by atoms with E-state index in [1.54, 1.807) is 24.9 Å². The lowest BCUT2D eigenvalue weighted by Gasteiger charge is -2.31. The van der Waals surface area contributed by atoms with E-state index in [4.69, 9.17) is 18.9 Å². The first-order valence-electron chi connectivity index (χ1n) is 11.5. The first-order chi connectivity index (χ1) is 17.1. The van der Waals surface area contributed by atoms with Crippen LogP contribution in [0.2, 0.25) is 0 Å². The summed E-state index contributed by atoms with van der Waals surface area (Å²) in [5.41, 5.74) is 5.25. The number of aromatic nitrogens is 1. The van der Waals surface area contributed by atoms with E-state index < -0.39 is 0 Å². The fourth-order valence-corrected chi connectivity index (χ4v) is 6.07. The number of benzene rings is 2. The Hall–Kier alpha value is -3.84. The van der Waals surface area contributed by atoms with Gasteiger partial charge in [0.2, 0.25) is 0 Å². The molecular weight excluding hydrogens is 460 g/mol. The second-order valence-electron chi connectivity index (χ2n) is 8.64. The van der Waals surface area contributed by atoms with Crippen molar-refractivity contribution in [1.82, 2.24) is 4.57 Å². The second kappa shape index (κ2) is 8.43. The Balaban J connectivity index is 1.67. The predicted octanol–water partition coefficient (Wildman–Crippen LogP) is 4.24. The Kier molecular flexibility index (Phi) is 5.22. The highest BCUT2D eigenvalue weighted by molar-refractivity contribution is 7.07. The fraction of sp³-hybridized carbons (Fsp3) is 0.214. The molecule has 0 saturated heterocycles. The Morgan fingerprint density at radius 3 is 2.69 bits per heavy atom. The molecule has 0 radical (unpaired) electrons. The third-order valence-electron chi connectivity index (χ3n) is 6.64. The number of allylic oxidation sites excluding steroid dienone is 1. The molecule has 1 atom stereocenters. The summed E-state index contributed by atoms with van der Waals surface area (Å²) >= 11 is 1.38. The molecule has 35 heavy (non-hydrogen) atoms. The van der Waals surface area contributed by atoms with Gasteiger partial charge in [-0.3, -0.25) is 9.36 Å². The van der Waals surface area contributed by atoms with Crippen LogP contribution in [0.25, 0.3) is 11.8 Å². The van der Waals surface area contributed by atoms with Gasteiger partial charge < -0.3 is 13.9 Å². The molecule has 0 amide bonds. The monoisotopic (exact) mass is 484 g/mol. The van der Waals surface area contributed by atoms with Crippen molar-refractivity contribution < 1.29 is 13.9 Å². The molecule has 0 N–H and O–H groups in total. The van der Waals surface area contributed by atoms with Crippen molar-refractivity contribution in [1.29, 1.82) is 0 Å². The van der Waals surface area contributed by atoms with Crippen molar-refractivity contribution in [2.45, 2.75) is 25.8 Å². The summed E-state index contributed by atoms with van der Waals surface area (Å²) in [5.74, 6) is 2.71. The van der Waals surface area contributed by atoms with Gasteiger partial charge in [0.25, 0.3) is 5.56 Å². The Bertz CT molecular complexity index is 1670. The summed E-state index contributed by atoms with van der Waals surface area (Å²) in [6, 6.07) is 17.6. The molecule has 0 fully saturated rings. The SMILES string of the molecule is COc1cccc(C2C3=C(N=c4s/c(=C\c5ccc(C)o5)c(=O)n42)c2ccccc2CC3)c1OC. The van der Waals surface area contributed by atoms with Crippen molar-refractivity contribution >= 4 is 23.1 Å². The predicted molar refractivity (Wildman–Crippen MR) is 136 cm³/mol. The largest absolute Gasteiger partial charge is 0.493 e. The topological polar surface area (TPSA) is 66.0 Å². The van der Waals surface area contributed by atoms with E-state index in [2.05, 4.69) is 18.2 Å². The molecule has 1 aliphatic carbocycles. The minimum atomic E-state index is -0.347. The average molecular weight is 485 g/mol. The smallest absolute Gasteiger partial charge is 0.271 e. The molecule has 2 aromatic carbocycles. The number of hydrogen-bond donors (Lipinski definition) is 0. The highest BCUT2D eigenvalue weighted by Gasteiger charge is 2.34. The Labute approximate surface area is 206 Å². The molecule has 0 bridgehead atoms. The van der Waals surface area contributed by atoms with Gasteiger partial charge in [-0.1, -0.05) is 47.7 Å². The number of para-hydroxylation sites is 1. The summed E-state index contributed by atoms with van der Waals surface area (Å²) in [7, 11) is 3.26. The van der Waals surface area contributed by atoms with Crippen LogP contribution in [0.4, 0.5) is 0 Å². The molecule has 3 heterocycles. The van der Waals surface area contributed by atoms with Crippen molar-refractivity contribution in [2.24, 2.45) is 4.99 Å². The summed E-state index contributed by atoms with van der Waals surface area (Å²) in [6.45, 7) is 1.89. The Morgan fingerprint density at radius 1 is 1.06 bits per heavy atom. The van der Waals surface area contributed by atoms with E-state index in [0.717, 1.165) is 41.0 Å². The van der Waals surface area contributed by atoms with Crippen LogP contribution >= 0.6 is 11.3 Å². The number of hydrogen-bond acceptors (Lipinski definition) is 6. The number of methoxy groups -OCH3 is 2. The van der Waals surface area contributed by atoms with Crippen molar-refractivity contribution in [2.75, 3.05) is 14.2 Å². The van der Waals surface area contributed by atoms with E-state index in [1.807, 2.05) is 43.3 Å². The quantitative estimate of drug-likeness (QED) is 0.435. The number of rotatable bonds is 4. The maximum Gasteiger partial charge on any atom is 0.271 e. The van der Waals surface area contributed by atoms with E-state index in [9.17, 15) is 4.79 Å². The average Bonchev–Trinajstić information content (AvgIpc) is 3.44. The van der Waals surface area contributed by atoms with Gasteiger partial charge in [-0.15, -0.1) is 0 Å². The van der Waals surface area contributed by atoms with E-state index >= 15 is 0 Å². The lowest BCUT2D eigenvalue weighted by atomic mass is 9.83. The normalized spacial score (nSPS) is 16.9.